The molecule has 1 aromatic rings. The van der Waals surface area contributed by atoms with Crippen LogP contribution in [0.5, 0.6) is 0 Å². The van der Waals surface area contributed by atoms with Crippen LogP contribution < -0.4 is 5.73 Å². The molecule has 0 spiro atoms. The van der Waals surface area contributed by atoms with Crippen molar-refractivity contribution in [3.05, 3.63) is 29.3 Å². The lowest BCUT2D eigenvalue weighted by atomic mass is 10.1. The highest BCUT2D eigenvalue weighted by Crippen LogP contribution is 2.17. The second-order valence-corrected chi connectivity index (χ2v) is 4.10. The van der Waals surface area contributed by atoms with E-state index < -0.39 is 0 Å². The molecule has 19 heavy (non-hydrogen) atoms. The fourth-order valence-corrected chi connectivity index (χ4v) is 1.77. The van der Waals surface area contributed by atoms with Crippen LogP contribution >= 0.6 is 12.4 Å². The Balaban J connectivity index is 0.00000324. The molecule has 0 fully saturated rings. The predicted molar refractivity (Wildman–Crippen MR) is 80.7 cm³/mol. The third-order valence-electron chi connectivity index (χ3n) is 2.94. The van der Waals surface area contributed by atoms with E-state index in [2.05, 4.69) is 18.7 Å². The van der Waals surface area contributed by atoms with Crippen LogP contribution in [0, 0.1) is 0 Å². The number of esters is 1. The molecule has 4 nitrogen and oxygen atoms in total. The number of benzene rings is 1. The van der Waals surface area contributed by atoms with Crippen LogP contribution in [0.25, 0.3) is 0 Å². The second kappa shape index (κ2) is 8.77. The van der Waals surface area contributed by atoms with Crippen molar-refractivity contribution in [1.82, 2.24) is 4.90 Å². The largest absolute Gasteiger partial charge is 0.462 e. The van der Waals surface area contributed by atoms with Gasteiger partial charge in [-0.3, -0.25) is 4.90 Å². The second-order valence-electron chi connectivity index (χ2n) is 4.10. The van der Waals surface area contributed by atoms with E-state index >= 15 is 0 Å². The Morgan fingerprint density at radius 2 is 1.89 bits per heavy atom. The molecular formula is C14H23ClN2O2. The van der Waals surface area contributed by atoms with Crippen LogP contribution in [0.4, 0.5) is 5.69 Å². The molecule has 0 saturated carbocycles. The van der Waals surface area contributed by atoms with E-state index in [0.717, 1.165) is 30.9 Å². The molecule has 0 unspecified atom stereocenters. The maximum Gasteiger partial charge on any atom is 0.338 e. The van der Waals surface area contributed by atoms with E-state index in [-0.39, 0.29) is 18.4 Å². The standard InChI is InChI=1S/C14H22N2O2.ClH/c1-4-16(5-2)10-12-9-11(7-8-13(12)15)14(17)18-6-3;/h7-9H,4-6,10,15H2,1-3H3;1H. The lowest BCUT2D eigenvalue weighted by molar-refractivity contribution is 0.0526. The van der Waals surface area contributed by atoms with Gasteiger partial charge in [-0.15, -0.1) is 12.4 Å². The zero-order valence-corrected chi connectivity index (χ0v) is 12.6. The minimum atomic E-state index is -0.293. The smallest absolute Gasteiger partial charge is 0.338 e. The molecule has 0 aromatic heterocycles. The summed E-state index contributed by atoms with van der Waals surface area (Å²) in [4.78, 5) is 13.9. The Labute approximate surface area is 121 Å². The molecule has 0 radical (unpaired) electrons. The summed E-state index contributed by atoms with van der Waals surface area (Å²) >= 11 is 0. The van der Waals surface area contributed by atoms with Gasteiger partial charge >= 0.3 is 5.97 Å². The molecule has 0 saturated heterocycles. The first-order chi connectivity index (χ1) is 8.62. The van der Waals surface area contributed by atoms with Gasteiger partial charge in [0.05, 0.1) is 12.2 Å². The van der Waals surface area contributed by atoms with Gasteiger partial charge in [-0.05, 0) is 43.8 Å². The first kappa shape index (κ1) is 17.7. The topological polar surface area (TPSA) is 55.6 Å². The predicted octanol–water partition coefficient (Wildman–Crippen LogP) is 2.71. The van der Waals surface area contributed by atoms with Gasteiger partial charge in [-0.25, -0.2) is 4.79 Å². The van der Waals surface area contributed by atoms with Crippen LogP contribution in [0.2, 0.25) is 0 Å². The number of carbonyl (C=O) groups excluding carboxylic acids is 1. The van der Waals surface area contributed by atoms with E-state index in [0.29, 0.717) is 12.2 Å². The van der Waals surface area contributed by atoms with Gasteiger partial charge in [0, 0.05) is 12.2 Å². The number of nitrogens with zero attached hydrogens (tertiary/aromatic N) is 1. The van der Waals surface area contributed by atoms with Crippen molar-refractivity contribution >= 4 is 24.1 Å². The van der Waals surface area contributed by atoms with Crippen LogP contribution in [-0.2, 0) is 11.3 Å². The molecular weight excluding hydrogens is 264 g/mol. The summed E-state index contributed by atoms with van der Waals surface area (Å²) in [5.74, 6) is -0.293. The third-order valence-corrected chi connectivity index (χ3v) is 2.94. The summed E-state index contributed by atoms with van der Waals surface area (Å²) in [5.41, 5.74) is 8.20. The van der Waals surface area contributed by atoms with E-state index in [9.17, 15) is 4.79 Å². The number of hydrogen-bond acceptors (Lipinski definition) is 4. The molecule has 0 bridgehead atoms. The van der Waals surface area contributed by atoms with Gasteiger partial charge in [-0.2, -0.15) is 0 Å². The molecule has 1 rings (SSSR count). The summed E-state index contributed by atoms with van der Waals surface area (Å²) in [6, 6.07) is 5.30. The number of halogens is 1. The fraction of sp³-hybridized carbons (Fsp3) is 0.500. The summed E-state index contributed by atoms with van der Waals surface area (Å²) in [7, 11) is 0. The van der Waals surface area contributed by atoms with Crippen molar-refractivity contribution < 1.29 is 9.53 Å². The molecule has 1 aromatic carbocycles. The van der Waals surface area contributed by atoms with E-state index in [1.807, 2.05) is 6.07 Å². The summed E-state index contributed by atoms with van der Waals surface area (Å²) < 4.78 is 4.99. The quantitative estimate of drug-likeness (QED) is 0.645. The zero-order valence-electron chi connectivity index (χ0n) is 11.8. The van der Waals surface area contributed by atoms with E-state index in [1.54, 1.807) is 19.1 Å². The molecule has 5 heteroatoms. The summed E-state index contributed by atoms with van der Waals surface area (Å²) in [6.45, 7) is 9.07. The Morgan fingerprint density at radius 3 is 2.42 bits per heavy atom. The number of nitrogens with two attached hydrogens (primary N) is 1. The van der Waals surface area contributed by atoms with Crippen molar-refractivity contribution in [2.45, 2.75) is 27.3 Å². The molecule has 0 heterocycles. The van der Waals surface area contributed by atoms with Gasteiger partial charge in [0.25, 0.3) is 0 Å². The van der Waals surface area contributed by atoms with Crippen LogP contribution in [-0.4, -0.2) is 30.6 Å². The number of hydrogen-bond donors (Lipinski definition) is 1. The average Bonchev–Trinajstić information content (AvgIpc) is 2.38. The highest BCUT2D eigenvalue weighted by molar-refractivity contribution is 5.90. The van der Waals surface area contributed by atoms with Crippen LogP contribution in [0.15, 0.2) is 18.2 Å². The molecule has 0 aliphatic heterocycles. The molecule has 0 aliphatic carbocycles. The highest BCUT2D eigenvalue weighted by atomic mass is 35.5. The summed E-state index contributed by atoms with van der Waals surface area (Å²) in [6.07, 6.45) is 0. The maximum absolute atomic E-state index is 11.7. The number of nitrogen functional groups attached to an aromatic ring is 1. The van der Waals surface area contributed by atoms with Crippen molar-refractivity contribution in [3.63, 3.8) is 0 Å². The van der Waals surface area contributed by atoms with Crippen molar-refractivity contribution in [2.24, 2.45) is 0 Å². The van der Waals surface area contributed by atoms with Crippen molar-refractivity contribution in [2.75, 3.05) is 25.4 Å². The van der Waals surface area contributed by atoms with Gasteiger partial charge in [0.1, 0.15) is 0 Å². The molecule has 0 atom stereocenters. The van der Waals surface area contributed by atoms with Crippen molar-refractivity contribution in [3.8, 4) is 0 Å². The molecule has 0 amide bonds. The highest BCUT2D eigenvalue weighted by Gasteiger charge is 2.10. The Bertz CT molecular complexity index is 406. The zero-order chi connectivity index (χ0) is 13.5. The molecule has 0 aliphatic rings. The van der Waals surface area contributed by atoms with Gasteiger partial charge in [0.15, 0.2) is 0 Å². The molecule has 108 valence electrons. The first-order valence-electron chi connectivity index (χ1n) is 6.40. The number of rotatable bonds is 6. The SMILES string of the molecule is CCOC(=O)c1ccc(N)c(CN(CC)CC)c1.Cl. The molecule has 2 N–H and O–H groups in total. The normalized spacial score (nSPS) is 10.1. The first-order valence-corrected chi connectivity index (χ1v) is 6.40. The number of ether oxygens (including phenoxy) is 1. The Kier molecular flexibility index (Phi) is 8.19. The van der Waals surface area contributed by atoms with Crippen LogP contribution in [0.3, 0.4) is 0 Å². The Hall–Kier alpha value is -1.26. The summed E-state index contributed by atoms with van der Waals surface area (Å²) in [5, 5.41) is 0. The van der Waals surface area contributed by atoms with Gasteiger partial charge in [0.2, 0.25) is 0 Å². The van der Waals surface area contributed by atoms with Crippen LogP contribution in [0.1, 0.15) is 36.7 Å². The third kappa shape index (κ3) is 5.09. The minimum Gasteiger partial charge on any atom is -0.462 e. The average molecular weight is 287 g/mol. The number of anilines is 1. The fourth-order valence-electron chi connectivity index (χ4n) is 1.77. The lowest BCUT2D eigenvalue weighted by Crippen LogP contribution is -2.23. The monoisotopic (exact) mass is 286 g/mol. The van der Waals surface area contributed by atoms with E-state index in [4.69, 9.17) is 10.5 Å². The minimum absolute atomic E-state index is 0. The maximum atomic E-state index is 11.7. The Morgan fingerprint density at radius 1 is 1.26 bits per heavy atom. The van der Waals surface area contributed by atoms with Gasteiger partial charge < -0.3 is 10.5 Å². The van der Waals surface area contributed by atoms with E-state index in [1.165, 1.54) is 0 Å². The van der Waals surface area contributed by atoms with Gasteiger partial charge in [-0.1, -0.05) is 13.8 Å². The lowest BCUT2D eigenvalue weighted by Gasteiger charge is -2.19. The number of carbonyl (C=O) groups is 1. The van der Waals surface area contributed by atoms with Crippen molar-refractivity contribution in [1.29, 1.82) is 0 Å².